The molecule has 9 heteroatoms. The molecule has 1 aromatic rings. The fraction of sp³-hybridized carbons (Fsp3) is 0.636. The Balaban J connectivity index is 2.59. The topological polar surface area (TPSA) is 96.7 Å². The number of sulfonamides is 2. The van der Waals surface area contributed by atoms with Crippen LogP contribution in [0.2, 0.25) is 0 Å². The summed E-state index contributed by atoms with van der Waals surface area (Å²) < 4.78 is 54.9. The molecule has 0 saturated heterocycles. The van der Waals surface area contributed by atoms with Gasteiger partial charge in [0, 0.05) is 13.1 Å². The third-order valence-corrected chi connectivity index (χ3v) is 5.38. The zero-order valence-corrected chi connectivity index (χ0v) is 13.2. The van der Waals surface area contributed by atoms with Crippen molar-refractivity contribution in [1.82, 2.24) is 9.03 Å². The lowest BCUT2D eigenvalue weighted by Crippen LogP contribution is -2.38. The predicted molar refractivity (Wildman–Crippen MR) is 76.0 cm³/mol. The fourth-order valence-corrected chi connectivity index (χ4v) is 3.47. The maximum absolute atomic E-state index is 11.6. The third-order valence-electron chi connectivity index (χ3n) is 2.54. The Morgan fingerprint density at radius 2 is 2.00 bits per heavy atom. The molecule has 0 spiro atoms. The van der Waals surface area contributed by atoms with Gasteiger partial charge in [0.1, 0.15) is 5.76 Å². The van der Waals surface area contributed by atoms with Gasteiger partial charge in [0.15, 0.2) is 0 Å². The molecule has 0 aromatic carbocycles. The monoisotopic (exact) mass is 324 g/mol. The quantitative estimate of drug-likeness (QED) is 0.708. The SMILES string of the molecule is CCCS(=O)(=O)NCCN(Cc1ccco1)S(C)(=O)=O. The molecule has 0 aliphatic carbocycles. The Labute approximate surface area is 120 Å². The minimum Gasteiger partial charge on any atom is -0.468 e. The van der Waals surface area contributed by atoms with Crippen LogP contribution < -0.4 is 4.72 Å². The molecule has 1 rings (SSSR count). The van der Waals surface area contributed by atoms with Crippen LogP contribution in [-0.2, 0) is 26.6 Å². The zero-order chi connectivity index (χ0) is 15.2. The second-order valence-corrected chi connectivity index (χ2v) is 8.30. The molecule has 0 bridgehead atoms. The average Bonchev–Trinajstić information content (AvgIpc) is 2.79. The van der Waals surface area contributed by atoms with Gasteiger partial charge < -0.3 is 4.42 Å². The van der Waals surface area contributed by atoms with Crippen LogP contribution in [-0.4, -0.2) is 46.2 Å². The first-order valence-corrected chi connectivity index (χ1v) is 9.69. The van der Waals surface area contributed by atoms with E-state index in [4.69, 9.17) is 4.42 Å². The molecule has 1 heterocycles. The zero-order valence-electron chi connectivity index (χ0n) is 11.6. The number of nitrogens with zero attached hydrogens (tertiary/aromatic N) is 1. The minimum absolute atomic E-state index is 0.0318. The smallest absolute Gasteiger partial charge is 0.211 e. The van der Waals surface area contributed by atoms with Crippen molar-refractivity contribution in [3.63, 3.8) is 0 Å². The summed E-state index contributed by atoms with van der Waals surface area (Å²) in [6.07, 6.45) is 3.05. The Morgan fingerprint density at radius 1 is 1.30 bits per heavy atom. The number of nitrogens with one attached hydrogen (secondary N) is 1. The molecule has 1 aromatic heterocycles. The maximum Gasteiger partial charge on any atom is 0.211 e. The van der Waals surface area contributed by atoms with E-state index in [-0.39, 0.29) is 25.4 Å². The van der Waals surface area contributed by atoms with Crippen molar-refractivity contribution in [1.29, 1.82) is 0 Å². The third kappa shape index (κ3) is 6.04. The molecule has 0 radical (unpaired) electrons. The van der Waals surface area contributed by atoms with Gasteiger partial charge in [0.05, 0.1) is 24.8 Å². The molecule has 0 saturated carbocycles. The predicted octanol–water partition coefficient (Wildman–Crippen LogP) is 0.371. The van der Waals surface area contributed by atoms with Gasteiger partial charge in [-0.1, -0.05) is 6.92 Å². The van der Waals surface area contributed by atoms with E-state index in [1.807, 2.05) is 0 Å². The summed E-state index contributed by atoms with van der Waals surface area (Å²) in [6.45, 7) is 1.94. The normalized spacial score (nSPS) is 12.9. The van der Waals surface area contributed by atoms with Crippen LogP contribution in [0.15, 0.2) is 22.8 Å². The highest BCUT2D eigenvalue weighted by atomic mass is 32.2. The second-order valence-electron chi connectivity index (χ2n) is 4.39. The number of furan rings is 1. The Hall–Kier alpha value is -0.900. The second kappa shape index (κ2) is 7.21. The van der Waals surface area contributed by atoms with Crippen LogP contribution in [0.5, 0.6) is 0 Å². The van der Waals surface area contributed by atoms with Gasteiger partial charge in [-0.25, -0.2) is 21.6 Å². The van der Waals surface area contributed by atoms with Gasteiger partial charge in [-0.15, -0.1) is 0 Å². The van der Waals surface area contributed by atoms with Crippen molar-refractivity contribution in [2.24, 2.45) is 0 Å². The van der Waals surface area contributed by atoms with E-state index in [9.17, 15) is 16.8 Å². The molecule has 0 aliphatic rings. The van der Waals surface area contributed by atoms with E-state index in [0.717, 1.165) is 6.26 Å². The van der Waals surface area contributed by atoms with Crippen molar-refractivity contribution in [2.45, 2.75) is 19.9 Å². The summed E-state index contributed by atoms with van der Waals surface area (Å²) in [5.41, 5.74) is 0. The molecule has 0 aliphatic heterocycles. The van der Waals surface area contributed by atoms with Gasteiger partial charge in [0.25, 0.3) is 0 Å². The fourth-order valence-electron chi connectivity index (χ4n) is 1.61. The number of hydrogen-bond acceptors (Lipinski definition) is 5. The van der Waals surface area contributed by atoms with Gasteiger partial charge in [-0.2, -0.15) is 4.31 Å². The van der Waals surface area contributed by atoms with Crippen LogP contribution in [0.4, 0.5) is 0 Å². The highest BCUT2D eigenvalue weighted by Gasteiger charge is 2.19. The van der Waals surface area contributed by atoms with E-state index in [2.05, 4.69) is 4.72 Å². The van der Waals surface area contributed by atoms with E-state index in [0.29, 0.717) is 12.2 Å². The highest BCUT2D eigenvalue weighted by molar-refractivity contribution is 7.89. The van der Waals surface area contributed by atoms with Crippen LogP contribution in [0.1, 0.15) is 19.1 Å². The molecule has 0 fully saturated rings. The van der Waals surface area contributed by atoms with Crippen molar-refractivity contribution in [3.05, 3.63) is 24.2 Å². The maximum atomic E-state index is 11.6. The van der Waals surface area contributed by atoms with Gasteiger partial charge in [0.2, 0.25) is 20.0 Å². The summed E-state index contributed by atoms with van der Waals surface area (Å²) in [7, 11) is -6.76. The minimum atomic E-state index is -3.43. The summed E-state index contributed by atoms with van der Waals surface area (Å²) in [5.74, 6) is 0.538. The van der Waals surface area contributed by atoms with Crippen LogP contribution >= 0.6 is 0 Å². The van der Waals surface area contributed by atoms with Crippen molar-refractivity contribution in [2.75, 3.05) is 25.1 Å². The van der Waals surface area contributed by atoms with E-state index in [1.54, 1.807) is 19.1 Å². The van der Waals surface area contributed by atoms with Crippen molar-refractivity contribution < 1.29 is 21.3 Å². The molecule has 0 atom stereocenters. The first-order valence-electron chi connectivity index (χ1n) is 6.19. The van der Waals surface area contributed by atoms with Gasteiger partial charge in [-0.3, -0.25) is 0 Å². The Bertz CT molecular complexity index is 593. The first kappa shape index (κ1) is 17.2. The Morgan fingerprint density at radius 3 is 2.50 bits per heavy atom. The summed E-state index contributed by atoms with van der Waals surface area (Å²) in [6, 6.07) is 3.33. The lowest BCUT2D eigenvalue weighted by atomic mass is 10.4. The molecule has 1 N–H and O–H groups in total. The molecule has 20 heavy (non-hydrogen) atoms. The molecule has 7 nitrogen and oxygen atoms in total. The van der Waals surface area contributed by atoms with E-state index < -0.39 is 20.0 Å². The Kier molecular flexibility index (Phi) is 6.18. The van der Waals surface area contributed by atoms with Crippen molar-refractivity contribution >= 4 is 20.0 Å². The molecule has 116 valence electrons. The first-order chi connectivity index (χ1) is 9.24. The molecular weight excluding hydrogens is 304 g/mol. The molecule has 0 amide bonds. The van der Waals surface area contributed by atoms with Gasteiger partial charge >= 0.3 is 0 Å². The average molecular weight is 324 g/mol. The summed E-state index contributed by atoms with van der Waals surface area (Å²) in [4.78, 5) is 0. The van der Waals surface area contributed by atoms with Gasteiger partial charge in [-0.05, 0) is 18.6 Å². The number of rotatable bonds is 9. The summed E-state index contributed by atoms with van der Waals surface area (Å²) >= 11 is 0. The van der Waals surface area contributed by atoms with Crippen LogP contribution in [0.3, 0.4) is 0 Å². The lowest BCUT2D eigenvalue weighted by molar-refractivity contribution is 0.368. The standard InChI is InChI=1S/C11H20N2O5S2/c1-3-9-20(16,17)12-6-7-13(19(2,14)15)10-11-5-4-8-18-11/h4-5,8,12H,3,6-7,9-10H2,1-2H3. The number of hydrogen-bond donors (Lipinski definition) is 1. The molecular formula is C11H20N2O5S2. The van der Waals surface area contributed by atoms with Crippen LogP contribution in [0.25, 0.3) is 0 Å². The largest absolute Gasteiger partial charge is 0.468 e. The van der Waals surface area contributed by atoms with Crippen LogP contribution in [0, 0.1) is 0 Å². The van der Waals surface area contributed by atoms with E-state index in [1.165, 1.54) is 10.6 Å². The highest BCUT2D eigenvalue weighted by Crippen LogP contribution is 2.08. The van der Waals surface area contributed by atoms with Crippen molar-refractivity contribution in [3.8, 4) is 0 Å². The molecule has 0 unspecified atom stereocenters. The summed E-state index contributed by atoms with van der Waals surface area (Å²) in [5, 5.41) is 0. The lowest BCUT2D eigenvalue weighted by Gasteiger charge is -2.18. The van der Waals surface area contributed by atoms with E-state index >= 15 is 0 Å².